The van der Waals surface area contributed by atoms with Crippen LogP contribution >= 0.6 is 11.8 Å². The van der Waals surface area contributed by atoms with Gasteiger partial charge in [0.2, 0.25) is 11.1 Å². The lowest BCUT2D eigenvalue weighted by molar-refractivity contribution is -0.146. The molecule has 0 radical (unpaired) electrons. The number of esters is 1. The molecule has 154 valence electrons. The van der Waals surface area contributed by atoms with E-state index in [1.807, 2.05) is 38.1 Å². The van der Waals surface area contributed by atoms with Gasteiger partial charge in [-0.15, -0.1) is 10.2 Å². The normalized spacial score (nSPS) is 13.4. The smallest absolute Gasteiger partial charge is 0.328 e. The minimum atomic E-state index is -0.665. The molecular formula is C20H25N5O3S. The number of methoxy groups -OCH3 is 1. The van der Waals surface area contributed by atoms with Crippen molar-refractivity contribution in [1.82, 2.24) is 25.1 Å². The summed E-state index contributed by atoms with van der Waals surface area (Å²) < 4.78 is 6.89. The second-order valence-corrected chi connectivity index (χ2v) is 7.71. The molecule has 2 atom stereocenters. The Kier molecular flexibility index (Phi) is 6.68. The molecule has 2 unspecified atom stereocenters. The van der Waals surface area contributed by atoms with E-state index in [1.54, 1.807) is 0 Å². The number of aromatic nitrogens is 4. The second kappa shape index (κ2) is 9.21. The van der Waals surface area contributed by atoms with E-state index in [0.717, 1.165) is 35.0 Å². The fraction of sp³-hybridized carbons (Fsp3) is 0.450. The molecular weight excluding hydrogens is 390 g/mol. The van der Waals surface area contributed by atoms with Gasteiger partial charge in [0.1, 0.15) is 11.6 Å². The summed E-state index contributed by atoms with van der Waals surface area (Å²) in [5.74, 6) is -0.649. The number of ether oxygens (including phenoxy) is 1. The largest absolute Gasteiger partial charge is 0.467 e. The highest BCUT2D eigenvalue weighted by molar-refractivity contribution is 7.99. The van der Waals surface area contributed by atoms with Crippen molar-refractivity contribution in [2.45, 2.75) is 44.9 Å². The quantitative estimate of drug-likeness (QED) is 0.446. The fourth-order valence-corrected chi connectivity index (χ4v) is 3.80. The first-order chi connectivity index (χ1) is 14.0. The number of aryl methyl sites for hydroxylation is 1. The second-order valence-electron chi connectivity index (χ2n) is 6.77. The molecule has 1 amide bonds. The lowest BCUT2D eigenvalue weighted by Crippen LogP contribution is -2.46. The van der Waals surface area contributed by atoms with Gasteiger partial charge < -0.3 is 14.6 Å². The molecule has 1 aromatic carbocycles. The van der Waals surface area contributed by atoms with Crippen LogP contribution in [0.5, 0.6) is 0 Å². The van der Waals surface area contributed by atoms with Gasteiger partial charge in [0, 0.05) is 11.9 Å². The van der Waals surface area contributed by atoms with Crippen molar-refractivity contribution in [3.05, 3.63) is 24.3 Å². The van der Waals surface area contributed by atoms with Gasteiger partial charge in [0.05, 0.1) is 18.4 Å². The Bertz CT molecular complexity index is 1040. The van der Waals surface area contributed by atoms with Gasteiger partial charge in [-0.25, -0.2) is 9.78 Å². The molecule has 0 bridgehead atoms. The zero-order valence-corrected chi connectivity index (χ0v) is 17.8. The lowest BCUT2D eigenvalue weighted by Gasteiger charge is -2.21. The van der Waals surface area contributed by atoms with E-state index >= 15 is 0 Å². The van der Waals surface area contributed by atoms with Crippen LogP contribution in [0.25, 0.3) is 22.1 Å². The highest BCUT2D eigenvalue weighted by Crippen LogP contribution is 2.26. The molecule has 0 aliphatic rings. The number of thioether (sulfide) groups is 1. The SMILES string of the molecule is CCC(C)C(NC(=O)CSc1nnc2c3ccccc3n(CC)c2n1)C(=O)OC. The monoisotopic (exact) mass is 415 g/mol. The number of fused-ring (bicyclic) bond motifs is 3. The molecule has 0 saturated carbocycles. The molecule has 29 heavy (non-hydrogen) atoms. The van der Waals surface area contributed by atoms with Crippen molar-refractivity contribution in [1.29, 1.82) is 0 Å². The Balaban J connectivity index is 1.76. The van der Waals surface area contributed by atoms with Crippen molar-refractivity contribution in [2.75, 3.05) is 12.9 Å². The summed E-state index contributed by atoms with van der Waals surface area (Å²) in [7, 11) is 1.32. The Hall–Kier alpha value is -2.68. The Labute approximate surface area is 173 Å². The predicted molar refractivity (Wildman–Crippen MR) is 113 cm³/mol. The van der Waals surface area contributed by atoms with Crippen LogP contribution in [0.1, 0.15) is 27.2 Å². The molecule has 2 aromatic heterocycles. The summed E-state index contributed by atoms with van der Waals surface area (Å²) >= 11 is 1.19. The third-order valence-electron chi connectivity index (χ3n) is 4.99. The molecule has 3 rings (SSSR count). The summed E-state index contributed by atoms with van der Waals surface area (Å²) in [6.07, 6.45) is 0.748. The van der Waals surface area contributed by atoms with Gasteiger partial charge in [-0.1, -0.05) is 50.2 Å². The third-order valence-corrected chi connectivity index (χ3v) is 5.83. The van der Waals surface area contributed by atoms with Gasteiger partial charge in [0.15, 0.2) is 5.65 Å². The van der Waals surface area contributed by atoms with Crippen LogP contribution in [0.3, 0.4) is 0 Å². The van der Waals surface area contributed by atoms with E-state index in [2.05, 4.69) is 32.0 Å². The van der Waals surface area contributed by atoms with Crippen molar-refractivity contribution in [3.63, 3.8) is 0 Å². The molecule has 0 aliphatic carbocycles. The van der Waals surface area contributed by atoms with Crippen LogP contribution in [0.15, 0.2) is 29.4 Å². The summed E-state index contributed by atoms with van der Waals surface area (Å²) in [5.41, 5.74) is 2.55. The van der Waals surface area contributed by atoms with Gasteiger partial charge in [0.25, 0.3) is 0 Å². The number of amides is 1. The first-order valence-corrected chi connectivity index (χ1v) is 10.6. The summed E-state index contributed by atoms with van der Waals surface area (Å²) in [6.45, 7) is 6.67. The Morgan fingerprint density at radius 1 is 1.24 bits per heavy atom. The molecule has 0 aliphatic heterocycles. The summed E-state index contributed by atoms with van der Waals surface area (Å²) in [4.78, 5) is 28.9. The molecule has 2 heterocycles. The predicted octanol–water partition coefficient (Wildman–Crippen LogP) is 2.80. The molecule has 0 spiro atoms. The molecule has 8 nitrogen and oxygen atoms in total. The highest BCUT2D eigenvalue weighted by Gasteiger charge is 2.26. The van der Waals surface area contributed by atoms with Crippen molar-refractivity contribution in [2.24, 2.45) is 5.92 Å². The maximum atomic E-state index is 12.4. The van der Waals surface area contributed by atoms with Crippen molar-refractivity contribution in [3.8, 4) is 0 Å². The van der Waals surface area contributed by atoms with E-state index in [1.165, 1.54) is 18.9 Å². The number of nitrogens with zero attached hydrogens (tertiary/aromatic N) is 4. The van der Waals surface area contributed by atoms with Crippen LogP contribution in [0.4, 0.5) is 0 Å². The standard InChI is InChI=1S/C20H25N5O3S/c1-5-12(3)16(19(27)28-4)21-15(26)11-29-20-22-18-17(23-24-20)13-9-7-8-10-14(13)25(18)6-2/h7-10,12,16H,5-6,11H2,1-4H3,(H,21,26). The molecule has 9 heteroatoms. The topological polar surface area (TPSA) is 99.0 Å². The molecule has 0 fully saturated rings. The van der Waals surface area contributed by atoms with Crippen LogP contribution in [-0.2, 0) is 20.9 Å². The maximum Gasteiger partial charge on any atom is 0.328 e. The van der Waals surface area contributed by atoms with Crippen LogP contribution in [0.2, 0.25) is 0 Å². The van der Waals surface area contributed by atoms with Gasteiger partial charge in [-0.2, -0.15) is 0 Å². The third kappa shape index (κ3) is 4.34. The number of carbonyl (C=O) groups excluding carboxylic acids is 2. The zero-order chi connectivity index (χ0) is 21.0. The first-order valence-electron chi connectivity index (χ1n) is 9.61. The van der Waals surface area contributed by atoms with Crippen LogP contribution in [-0.4, -0.2) is 50.5 Å². The van der Waals surface area contributed by atoms with Crippen LogP contribution < -0.4 is 5.32 Å². The van der Waals surface area contributed by atoms with Crippen LogP contribution in [0, 0.1) is 5.92 Å². The fourth-order valence-electron chi connectivity index (χ4n) is 3.21. The maximum absolute atomic E-state index is 12.4. The van der Waals surface area contributed by atoms with E-state index in [4.69, 9.17) is 4.74 Å². The van der Waals surface area contributed by atoms with Gasteiger partial charge in [-0.05, 0) is 18.9 Å². The Morgan fingerprint density at radius 3 is 2.69 bits per heavy atom. The number of benzene rings is 1. The average Bonchev–Trinajstić information content (AvgIpc) is 3.07. The minimum Gasteiger partial charge on any atom is -0.467 e. The number of hydrogen-bond donors (Lipinski definition) is 1. The van der Waals surface area contributed by atoms with Crippen molar-refractivity contribution < 1.29 is 14.3 Å². The van der Waals surface area contributed by atoms with E-state index in [-0.39, 0.29) is 17.6 Å². The van der Waals surface area contributed by atoms with Crippen molar-refractivity contribution >= 4 is 45.7 Å². The number of carbonyl (C=O) groups is 2. The number of para-hydroxylation sites is 1. The number of hydrogen-bond acceptors (Lipinski definition) is 7. The van der Waals surface area contributed by atoms with E-state index < -0.39 is 12.0 Å². The zero-order valence-electron chi connectivity index (χ0n) is 17.0. The lowest BCUT2D eigenvalue weighted by atomic mass is 9.99. The summed E-state index contributed by atoms with van der Waals surface area (Å²) in [6, 6.07) is 7.32. The van der Waals surface area contributed by atoms with E-state index in [0.29, 0.717) is 5.16 Å². The number of rotatable bonds is 8. The highest BCUT2D eigenvalue weighted by atomic mass is 32.2. The average molecular weight is 416 g/mol. The van der Waals surface area contributed by atoms with Gasteiger partial charge in [-0.3, -0.25) is 4.79 Å². The molecule has 3 aromatic rings. The Morgan fingerprint density at radius 2 is 2.00 bits per heavy atom. The molecule has 1 N–H and O–H groups in total. The molecule has 0 saturated heterocycles. The van der Waals surface area contributed by atoms with Gasteiger partial charge >= 0.3 is 5.97 Å². The minimum absolute atomic E-state index is 0.0223. The number of nitrogens with one attached hydrogen (secondary N) is 1. The van der Waals surface area contributed by atoms with E-state index in [9.17, 15) is 9.59 Å². The summed E-state index contributed by atoms with van der Waals surface area (Å²) in [5, 5.41) is 12.7. The first kappa shape index (κ1) is 21.0.